The van der Waals surface area contributed by atoms with Crippen LogP contribution in [0.25, 0.3) is 0 Å². The molecule has 0 amide bonds. The number of hydrogen-bond donors (Lipinski definition) is 1. The van der Waals surface area contributed by atoms with Gasteiger partial charge in [0, 0.05) is 0 Å². The molecule has 0 aliphatic rings. The Bertz CT molecular complexity index is 767. The molecule has 0 unspecified atom stereocenters. The lowest BCUT2D eigenvalue weighted by molar-refractivity contribution is 0.593. The fourth-order valence-electron chi connectivity index (χ4n) is 1.32. The molecule has 1 heterocycles. The van der Waals surface area contributed by atoms with Gasteiger partial charge in [-0.1, -0.05) is 0 Å². The van der Waals surface area contributed by atoms with Crippen molar-refractivity contribution in [3.8, 4) is 0 Å². The van der Waals surface area contributed by atoms with E-state index in [2.05, 4.69) is 35.8 Å². The van der Waals surface area contributed by atoms with Crippen molar-refractivity contribution in [2.24, 2.45) is 0 Å². The van der Waals surface area contributed by atoms with Gasteiger partial charge in [-0.05, 0) is 48.0 Å². The van der Waals surface area contributed by atoms with Gasteiger partial charge < -0.3 is 0 Å². The first kappa shape index (κ1) is 14.8. The lowest BCUT2D eigenvalue weighted by atomic mass is 10.3. The zero-order valence-corrected chi connectivity index (χ0v) is 13.0. The molecule has 9 heteroatoms. The lowest BCUT2D eigenvalue weighted by Gasteiger charge is -2.07. The second-order valence-corrected chi connectivity index (χ2v) is 6.52. The molecular formula is C11H10BrFN4O2S. The van der Waals surface area contributed by atoms with Gasteiger partial charge in [0.05, 0.1) is 20.8 Å². The number of benzene rings is 1. The van der Waals surface area contributed by atoms with Crippen molar-refractivity contribution in [3.05, 3.63) is 39.9 Å². The Labute approximate surface area is 123 Å². The molecule has 0 bridgehead atoms. The number of anilines is 1. The largest absolute Gasteiger partial charge is 0.264 e. The lowest BCUT2D eigenvalue weighted by Crippen LogP contribution is -2.16. The highest BCUT2D eigenvalue weighted by atomic mass is 79.9. The fourth-order valence-corrected chi connectivity index (χ4v) is 2.52. The van der Waals surface area contributed by atoms with Gasteiger partial charge in [0.1, 0.15) is 5.82 Å². The fraction of sp³-hybridized carbons (Fsp3) is 0.182. The highest BCUT2D eigenvalue weighted by molar-refractivity contribution is 9.10. The molecule has 1 aromatic carbocycles. The number of sulfonamides is 1. The maximum absolute atomic E-state index is 13.4. The van der Waals surface area contributed by atoms with Crippen LogP contribution in [0.2, 0.25) is 0 Å². The average molecular weight is 361 g/mol. The quantitative estimate of drug-likeness (QED) is 0.906. The molecule has 0 saturated carbocycles. The van der Waals surface area contributed by atoms with Gasteiger partial charge in [-0.2, -0.15) is 5.10 Å². The van der Waals surface area contributed by atoms with Gasteiger partial charge in [-0.3, -0.25) is 0 Å². The highest BCUT2D eigenvalue weighted by Gasteiger charge is 2.18. The molecule has 2 rings (SSSR count). The van der Waals surface area contributed by atoms with Crippen molar-refractivity contribution >= 4 is 31.9 Å². The molecule has 0 atom stereocenters. The summed E-state index contributed by atoms with van der Waals surface area (Å²) < 4.78 is 39.8. The van der Waals surface area contributed by atoms with Gasteiger partial charge in [0.25, 0.3) is 16.0 Å². The molecule has 0 aliphatic carbocycles. The number of halogens is 2. The number of nitrogens with one attached hydrogen (secondary N) is 1. The maximum Gasteiger partial charge on any atom is 0.264 e. The molecular weight excluding hydrogens is 351 g/mol. The van der Waals surface area contributed by atoms with Crippen molar-refractivity contribution in [1.82, 2.24) is 15.2 Å². The Morgan fingerprint density at radius 3 is 2.50 bits per heavy atom. The standard InChI is InChI=1S/C11H10BrFN4O2S/c1-6-7(2)15-16-11(14-6)17-20(18,19)8-3-4-9(12)10(13)5-8/h3-5H,1-2H3,(H,14,16,17). The van der Waals surface area contributed by atoms with Crippen LogP contribution in [0.1, 0.15) is 11.4 Å². The summed E-state index contributed by atoms with van der Waals surface area (Å²) in [5.41, 5.74) is 1.15. The molecule has 0 fully saturated rings. The van der Waals surface area contributed by atoms with Crippen LogP contribution in [0.15, 0.2) is 27.6 Å². The maximum atomic E-state index is 13.4. The van der Waals surface area contributed by atoms with Crippen molar-refractivity contribution < 1.29 is 12.8 Å². The number of aromatic nitrogens is 3. The predicted molar refractivity (Wildman–Crippen MR) is 74.2 cm³/mol. The van der Waals surface area contributed by atoms with Crippen LogP contribution in [0.3, 0.4) is 0 Å². The zero-order chi connectivity index (χ0) is 14.9. The first-order valence-electron chi connectivity index (χ1n) is 5.45. The van der Waals surface area contributed by atoms with E-state index in [4.69, 9.17) is 0 Å². The van der Waals surface area contributed by atoms with Crippen LogP contribution in [0.4, 0.5) is 10.3 Å². The Morgan fingerprint density at radius 2 is 1.90 bits per heavy atom. The number of rotatable bonds is 3. The first-order valence-corrected chi connectivity index (χ1v) is 7.73. The van der Waals surface area contributed by atoms with Crippen molar-refractivity contribution in [3.63, 3.8) is 0 Å². The summed E-state index contributed by atoms with van der Waals surface area (Å²) >= 11 is 2.96. The molecule has 20 heavy (non-hydrogen) atoms. The van der Waals surface area contributed by atoms with E-state index >= 15 is 0 Å². The smallest absolute Gasteiger partial charge is 0.246 e. The van der Waals surface area contributed by atoms with Crippen LogP contribution in [0.5, 0.6) is 0 Å². The van der Waals surface area contributed by atoms with E-state index in [0.717, 1.165) is 6.07 Å². The third-order valence-corrected chi connectivity index (χ3v) is 4.49. The minimum atomic E-state index is -3.96. The van der Waals surface area contributed by atoms with Gasteiger partial charge in [0.2, 0.25) is 0 Å². The minimum absolute atomic E-state index is 0.156. The third kappa shape index (κ3) is 3.10. The SMILES string of the molecule is Cc1nnc(NS(=O)(=O)c2ccc(Br)c(F)c2)nc1C. The summed E-state index contributed by atoms with van der Waals surface area (Å²) in [6.45, 7) is 3.39. The highest BCUT2D eigenvalue weighted by Crippen LogP contribution is 2.20. The molecule has 6 nitrogen and oxygen atoms in total. The summed E-state index contributed by atoms with van der Waals surface area (Å²) in [6.07, 6.45) is 0. The van der Waals surface area contributed by atoms with E-state index in [0.29, 0.717) is 11.4 Å². The van der Waals surface area contributed by atoms with E-state index in [1.165, 1.54) is 12.1 Å². The molecule has 0 saturated heterocycles. The molecule has 0 radical (unpaired) electrons. The Hall–Kier alpha value is -1.61. The molecule has 106 valence electrons. The number of aryl methyl sites for hydroxylation is 2. The monoisotopic (exact) mass is 360 g/mol. The predicted octanol–water partition coefficient (Wildman–Crippen LogP) is 2.19. The normalized spacial score (nSPS) is 11.4. The second kappa shape index (κ2) is 5.41. The summed E-state index contributed by atoms with van der Waals surface area (Å²) in [6, 6.07) is 3.48. The number of nitrogens with zero attached hydrogens (tertiary/aromatic N) is 3. The van der Waals surface area contributed by atoms with Crippen LogP contribution >= 0.6 is 15.9 Å². The van der Waals surface area contributed by atoms with Crippen LogP contribution in [-0.2, 0) is 10.0 Å². The minimum Gasteiger partial charge on any atom is -0.246 e. The Morgan fingerprint density at radius 1 is 1.20 bits per heavy atom. The third-order valence-electron chi connectivity index (χ3n) is 2.52. The van der Waals surface area contributed by atoms with Crippen LogP contribution in [-0.4, -0.2) is 23.6 Å². The van der Waals surface area contributed by atoms with Gasteiger partial charge in [-0.15, -0.1) is 5.10 Å². The molecule has 2 aromatic rings. The first-order chi connectivity index (χ1) is 9.29. The Balaban J connectivity index is 2.35. The van der Waals surface area contributed by atoms with Crippen LogP contribution in [0, 0.1) is 19.7 Å². The number of hydrogen-bond acceptors (Lipinski definition) is 5. The molecule has 0 aliphatic heterocycles. The van der Waals surface area contributed by atoms with Gasteiger partial charge in [-0.25, -0.2) is 22.5 Å². The Kier molecular flexibility index (Phi) is 4.00. The van der Waals surface area contributed by atoms with Crippen molar-refractivity contribution in [1.29, 1.82) is 0 Å². The summed E-state index contributed by atoms with van der Waals surface area (Å²) in [4.78, 5) is 3.73. The summed E-state index contributed by atoms with van der Waals surface area (Å²) in [5.74, 6) is -0.830. The topological polar surface area (TPSA) is 84.8 Å². The van der Waals surface area contributed by atoms with Crippen LogP contribution < -0.4 is 4.72 Å². The van der Waals surface area contributed by atoms with E-state index in [1.54, 1.807) is 13.8 Å². The van der Waals surface area contributed by atoms with Gasteiger partial charge in [0.15, 0.2) is 0 Å². The van der Waals surface area contributed by atoms with E-state index in [1.807, 2.05) is 0 Å². The van der Waals surface area contributed by atoms with Crippen molar-refractivity contribution in [2.45, 2.75) is 18.7 Å². The van der Waals surface area contributed by atoms with E-state index in [-0.39, 0.29) is 15.3 Å². The molecule has 1 aromatic heterocycles. The summed E-state index contributed by atoms with van der Waals surface area (Å²) in [7, 11) is -3.96. The second-order valence-electron chi connectivity index (χ2n) is 3.99. The van der Waals surface area contributed by atoms with Crippen molar-refractivity contribution in [2.75, 3.05) is 4.72 Å². The molecule has 0 spiro atoms. The summed E-state index contributed by atoms with van der Waals surface area (Å²) in [5, 5.41) is 7.40. The van der Waals surface area contributed by atoms with E-state index in [9.17, 15) is 12.8 Å². The molecule has 1 N–H and O–H groups in total. The van der Waals surface area contributed by atoms with Gasteiger partial charge >= 0.3 is 0 Å². The average Bonchev–Trinajstić information content (AvgIpc) is 2.37. The van der Waals surface area contributed by atoms with E-state index < -0.39 is 15.8 Å². The zero-order valence-electron chi connectivity index (χ0n) is 10.6.